The lowest BCUT2D eigenvalue weighted by Gasteiger charge is -2.18. The summed E-state index contributed by atoms with van der Waals surface area (Å²) in [4.78, 5) is 11.0. The summed E-state index contributed by atoms with van der Waals surface area (Å²) >= 11 is 0. The maximum absolute atomic E-state index is 11.0. The van der Waals surface area contributed by atoms with Crippen molar-refractivity contribution in [2.45, 2.75) is 39.8 Å². The van der Waals surface area contributed by atoms with Crippen LogP contribution in [0, 0.1) is 13.8 Å². The minimum atomic E-state index is -0.342. The van der Waals surface area contributed by atoms with E-state index in [-0.39, 0.29) is 18.0 Å². The van der Waals surface area contributed by atoms with Gasteiger partial charge in [-0.25, -0.2) is 0 Å². The van der Waals surface area contributed by atoms with Gasteiger partial charge < -0.3 is 5.73 Å². The van der Waals surface area contributed by atoms with E-state index < -0.39 is 0 Å². The number of hydrogen-bond acceptors (Lipinski definition) is 3. The number of rotatable bonds is 4. The molecule has 2 atom stereocenters. The number of aryl methyl sites for hydroxylation is 2. The van der Waals surface area contributed by atoms with Crippen molar-refractivity contribution in [3.05, 3.63) is 17.0 Å². The van der Waals surface area contributed by atoms with E-state index in [4.69, 9.17) is 5.73 Å². The fourth-order valence-corrected chi connectivity index (χ4v) is 1.96. The molecule has 1 aromatic rings. The van der Waals surface area contributed by atoms with Crippen LogP contribution < -0.4 is 11.1 Å². The molecule has 0 aliphatic heterocycles. The predicted molar refractivity (Wildman–Crippen MR) is 62.9 cm³/mol. The van der Waals surface area contributed by atoms with Gasteiger partial charge in [-0.2, -0.15) is 5.10 Å². The zero-order valence-electron chi connectivity index (χ0n) is 10.5. The summed E-state index contributed by atoms with van der Waals surface area (Å²) in [6.07, 6.45) is 0. The molecule has 16 heavy (non-hydrogen) atoms. The van der Waals surface area contributed by atoms with Crippen molar-refractivity contribution < 1.29 is 4.79 Å². The molecule has 5 heteroatoms. The second-order valence-corrected chi connectivity index (χ2v) is 4.22. The summed E-state index contributed by atoms with van der Waals surface area (Å²) in [7, 11) is 1.91. The first-order valence-electron chi connectivity index (χ1n) is 5.40. The highest BCUT2D eigenvalue weighted by Gasteiger charge is 2.19. The molecule has 0 aromatic carbocycles. The number of carbonyl (C=O) groups excluding carboxylic acids is 1. The van der Waals surface area contributed by atoms with Crippen molar-refractivity contribution in [3.8, 4) is 0 Å². The van der Waals surface area contributed by atoms with Crippen LogP contribution in [0.5, 0.6) is 0 Å². The predicted octanol–water partition coefficient (Wildman–Crippen LogP) is 0.561. The summed E-state index contributed by atoms with van der Waals surface area (Å²) < 4.78 is 1.85. The van der Waals surface area contributed by atoms with Crippen molar-refractivity contribution >= 4 is 5.91 Å². The number of carbonyl (C=O) groups is 1. The lowest BCUT2D eigenvalue weighted by Crippen LogP contribution is -2.40. The van der Waals surface area contributed by atoms with Crippen LogP contribution in [0.1, 0.15) is 36.8 Å². The van der Waals surface area contributed by atoms with E-state index in [1.165, 1.54) is 0 Å². The van der Waals surface area contributed by atoms with E-state index in [0.717, 1.165) is 17.0 Å². The molecule has 1 aromatic heterocycles. The normalized spacial score (nSPS) is 14.8. The Morgan fingerprint density at radius 1 is 1.44 bits per heavy atom. The van der Waals surface area contributed by atoms with E-state index in [1.807, 2.05) is 32.5 Å². The molecular weight excluding hydrogens is 204 g/mol. The molecule has 0 aliphatic rings. The third kappa shape index (κ3) is 2.41. The Morgan fingerprint density at radius 3 is 2.38 bits per heavy atom. The first kappa shape index (κ1) is 12.7. The quantitative estimate of drug-likeness (QED) is 0.785. The molecule has 90 valence electrons. The Hall–Kier alpha value is -1.36. The lowest BCUT2D eigenvalue weighted by molar-refractivity contribution is -0.119. The second kappa shape index (κ2) is 4.65. The molecule has 0 fully saturated rings. The Morgan fingerprint density at radius 2 is 2.00 bits per heavy atom. The Balaban J connectivity index is 2.88. The Bertz CT molecular complexity index is 397. The molecule has 2 unspecified atom stereocenters. The summed E-state index contributed by atoms with van der Waals surface area (Å²) in [6, 6.07) is -0.273. The molecule has 1 heterocycles. The number of nitrogens with two attached hydrogens (primary N) is 1. The lowest BCUT2D eigenvalue weighted by atomic mass is 10.1. The summed E-state index contributed by atoms with van der Waals surface area (Å²) in [5.41, 5.74) is 8.44. The smallest absolute Gasteiger partial charge is 0.234 e. The van der Waals surface area contributed by atoms with Crippen LogP contribution in [0.15, 0.2) is 0 Å². The fourth-order valence-electron chi connectivity index (χ4n) is 1.96. The largest absolute Gasteiger partial charge is 0.368 e. The number of hydrogen-bond donors (Lipinski definition) is 2. The summed E-state index contributed by atoms with van der Waals surface area (Å²) in [5.74, 6) is -0.342. The minimum Gasteiger partial charge on any atom is -0.368 e. The molecule has 0 spiro atoms. The Kier molecular flexibility index (Phi) is 3.70. The van der Waals surface area contributed by atoms with Crippen LogP contribution in [-0.2, 0) is 11.8 Å². The van der Waals surface area contributed by atoms with Crippen LogP contribution in [0.25, 0.3) is 0 Å². The highest BCUT2D eigenvalue weighted by atomic mass is 16.1. The fraction of sp³-hybridized carbons (Fsp3) is 0.636. The van der Waals surface area contributed by atoms with E-state index in [9.17, 15) is 4.79 Å². The summed E-state index contributed by atoms with van der Waals surface area (Å²) in [6.45, 7) is 7.76. The van der Waals surface area contributed by atoms with Gasteiger partial charge in [-0.3, -0.25) is 14.8 Å². The van der Waals surface area contributed by atoms with E-state index in [1.54, 1.807) is 6.92 Å². The van der Waals surface area contributed by atoms with Gasteiger partial charge >= 0.3 is 0 Å². The highest BCUT2D eigenvalue weighted by molar-refractivity contribution is 5.79. The van der Waals surface area contributed by atoms with Crippen molar-refractivity contribution in [2.75, 3.05) is 0 Å². The van der Waals surface area contributed by atoms with Crippen molar-refractivity contribution in [2.24, 2.45) is 12.8 Å². The molecule has 0 bridgehead atoms. The number of aromatic nitrogens is 2. The zero-order chi connectivity index (χ0) is 12.5. The van der Waals surface area contributed by atoms with Crippen molar-refractivity contribution in [3.63, 3.8) is 0 Å². The van der Waals surface area contributed by atoms with Crippen LogP contribution in [0.3, 0.4) is 0 Å². The topological polar surface area (TPSA) is 72.9 Å². The van der Waals surface area contributed by atoms with Crippen LogP contribution in [0.4, 0.5) is 0 Å². The highest BCUT2D eigenvalue weighted by Crippen LogP contribution is 2.20. The van der Waals surface area contributed by atoms with Gasteiger partial charge in [0.1, 0.15) is 0 Å². The van der Waals surface area contributed by atoms with Gasteiger partial charge in [0.25, 0.3) is 0 Å². The molecule has 0 saturated heterocycles. The van der Waals surface area contributed by atoms with Crippen molar-refractivity contribution in [1.29, 1.82) is 0 Å². The monoisotopic (exact) mass is 224 g/mol. The van der Waals surface area contributed by atoms with Gasteiger partial charge in [0.15, 0.2) is 0 Å². The third-order valence-electron chi connectivity index (χ3n) is 2.92. The molecular formula is C11H20N4O. The molecule has 0 aliphatic carbocycles. The van der Waals surface area contributed by atoms with Crippen molar-refractivity contribution in [1.82, 2.24) is 15.1 Å². The van der Waals surface area contributed by atoms with Gasteiger partial charge in [-0.1, -0.05) is 0 Å². The van der Waals surface area contributed by atoms with Gasteiger partial charge in [0.05, 0.1) is 11.7 Å². The third-order valence-corrected chi connectivity index (χ3v) is 2.92. The Labute approximate surface area is 96.0 Å². The maximum Gasteiger partial charge on any atom is 0.234 e. The molecule has 1 rings (SSSR count). The molecule has 3 N–H and O–H groups in total. The van der Waals surface area contributed by atoms with E-state index in [2.05, 4.69) is 10.4 Å². The van der Waals surface area contributed by atoms with Gasteiger partial charge in [0.2, 0.25) is 5.91 Å². The van der Waals surface area contributed by atoms with E-state index >= 15 is 0 Å². The summed E-state index contributed by atoms with van der Waals surface area (Å²) in [5, 5.41) is 7.51. The number of primary amides is 1. The average Bonchev–Trinajstić information content (AvgIpc) is 2.40. The molecule has 0 saturated carbocycles. The van der Waals surface area contributed by atoms with Gasteiger partial charge in [-0.05, 0) is 27.7 Å². The SMILES string of the molecule is Cc1nn(C)c(C)c1C(C)NC(C)C(N)=O. The zero-order valence-corrected chi connectivity index (χ0v) is 10.5. The first-order valence-corrected chi connectivity index (χ1v) is 5.40. The number of amides is 1. The maximum atomic E-state index is 11.0. The molecule has 1 amide bonds. The standard InChI is InChI=1S/C11H20N4O/c1-6(13-8(3)11(12)16)10-7(2)14-15(5)9(10)4/h6,8,13H,1-5H3,(H2,12,16). The minimum absolute atomic E-state index is 0.0659. The van der Waals surface area contributed by atoms with Crippen LogP contribution in [-0.4, -0.2) is 21.7 Å². The van der Waals surface area contributed by atoms with Crippen LogP contribution >= 0.6 is 0 Å². The van der Waals surface area contributed by atoms with Gasteiger partial charge in [0, 0.05) is 24.3 Å². The first-order chi connectivity index (χ1) is 7.34. The second-order valence-electron chi connectivity index (χ2n) is 4.22. The molecule has 5 nitrogen and oxygen atoms in total. The molecule has 0 radical (unpaired) electrons. The number of nitrogens with zero attached hydrogens (tertiary/aromatic N) is 2. The average molecular weight is 224 g/mol. The van der Waals surface area contributed by atoms with Gasteiger partial charge in [-0.15, -0.1) is 0 Å². The number of nitrogens with one attached hydrogen (secondary N) is 1. The van der Waals surface area contributed by atoms with Crippen LogP contribution in [0.2, 0.25) is 0 Å². The van der Waals surface area contributed by atoms with E-state index in [0.29, 0.717) is 0 Å².